The van der Waals surface area contributed by atoms with Crippen molar-refractivity contribution in [3.8, 4) is 11.5 Å². The quantitative estimate of drug-likeness (QED) is 0.495. The molecule has 0 aliphatic carbocycles. The highest BCUT2D eigenvalue weighted by atomic mass is 16.5. The molecule has 0 saturated heterocycles. The summed E-state index contributed by atoms with van der Waals surface area (Å²) < 4.78 is 5.71. The van der Waals surface area contributed by atoms with Gasteiger partial charge in [-0.2, -0.15) is 0 Å². The third-order valence-corrected chi connectivity index (χ3v) is 4.20. The molecule has 134 valence electrons. The van der Waals surface area contributed by atoms with Crippen molar-refractivity contribution in [2.75, 3.05) is 11.9 Å². The minimum Gasteiger partial charge on any atom is -0.453 e. The highest BCUT2D eigenvalue weighted by Crippen LogP contribution is 2.40. The van der Waals surface area contributed by atoms with Crippen LogP contribution < -0.4 is 10.1 Å². The number of hydrogen-bond acceptors (Lipinski definition) is 3. The van der Waals surface area contributed by atoms with Gasteiger partial charge in [0.2, 0.25) is 0 Å². The van der Waals surface area contributed by atoms with Crippen molar-refractivity contribution >= 4 is 11.4 Å². The second-order valence-corrected chi connectivity index (χ2v) is 5.88. The van der Waals surface area contributed by atoms with Gasteiger partial charge >= 0.3 is 0 Å². The van der Waals surface area contributed by atoms with Gasteiger partial charge in [-0.25, -0.2) is 0 Å². The summed E-state index contributed by atoms with van der Waals surface area (Å²) in [5.74, 6) is 1.76. The SMILES string of the molecule is C1=CC2=CCCCN2C=C1.CC.c1ccc2c(c1)Nc1ccccc1O2. The van der Waals surface area contributed by atoms with Crippen LogP contribution in [0.1, 0.15) is 26.7 Å². The van der Waals surface area contributed by atoms with E-state index in [0.717, 1.165) is 22.9 Å². The molecule has 0 radical (unpaired) electrons. The third kappa shape index (κ3) is 4.17. The van der Waals surface area contributed by atoms with Gasteiger partial charge in [0, 0.05) is 18.4 Å². The summed E-state index contributed by atoms with van der Waals surface area (Å²) in [6.07, 6.45) is 13.3. The summed E-state index contributed by atoms with van der Waals surface area (Å²) in [7, 11) is 0. The zero-order valence-corrected chi connectivity index (χ0v) is 15.5. The highest BCUT2D eigenvalue weighted by Gasteiger charge is 2.14. The van der Waals surface area contributed by atoms with Crippen LogP contribution >= 0.6 is 0 Å². The van der Waals surface area contributed by atoms with Gasteiger partial charge in [-0.3, -0.25) is 0 Å². The first-order valence-corrected chi connectivity index (χ1v) is 9.35. The lowest BCUT2D eigenvalue weighted by molar-refractivity contribution is 0.439. The summed E-state index contributed by atoms with van der Waals surface area (Å²) in [6.45, 7) is 5.19. The standard InChI is InChI=1S/C12H9NO.C9H11N.C2H6/c1-3-7-11-9(5-1)13-10-6-2-4-8-12(10)14-11;1-3-7-10-8-4-2-6-9(10)5-1;1-2/h1-8,13H;1,3,5-7H,2,4,8H2;1-2H3. The van der Waals surface area contributed by atoms with Gasteiger partial charge in [-0.1, -0.05) is 50.3 Å². The van der Waals surface area contributed by atoms with Crippen molar-refractivity contribution < 1.29 is 4.74 Å². The average molecular weight is 346 g/mol. The lowest BCUT2D eigenvalue weighted by atomic mass is 10.1. The van der Waals surface area contributed by atoms with E-state index in [2.05, 4.69) is 40.7 Å². The molecule has 0 atom stereocenters. The molecule has 3 aliphatic rings. The number of nitrogens with zero attached hydrogens (tertiary/aromatic N) is 1. The Labute approximate surface area is 156 Å². The number of ether oxygens (including phenoxy) is 1. The number of benzene rings is 2. The largest absolute Gasteiger partial charge is 0.453 e. The molecule has 0 fully saturated rings. The zero-order valence-electron chi connectivity index (χ0n) is 15.5. The molecule has 0 bridgehead atoms. The van der Waals surface area contributed by atoms with Gasteiger partial charge in [0.15, 0.2) is 11.5 Å². The normalized spacial score (nSPS) is 15.3. The molecular weight excluding hydrogens is 320 g/mol. The van der Waals surface area contributed by atoms with Crippen molar-refractivity contribution in [3.63, 3.8) is 0 Å². The van der Waals surface area contributed by atoms with Gasteiger partial charge in [-0.15, -0.1) is 0 Å². The number of hydrogen-bond donors (Lipinski definition) is 1. The molecule has 3 nitrogen and oxygen atoms in total. The fourth-order valence-electron chi connectivity index (χ4n) is 2.97. The molecule has 3 heteroatoms. The summed E-state index contributed by atoms with van der Waals surface area (Å²) in [6, 6.07) is 15.8. The summed E-state index contributed by atoms with van der Waals surface area (Å²) in [4.78, 5) is 2.30. The van der Waals surface area contributed by atoms with Crippen molar-refractivity contribution in [2.45, 2.75) is 26.7 Å². The van der Waals surface area contributed by atoms with E-state index in [1.807, 2.05) is 62.4 Å². The second-order valence-electron chi connectivity index (χ2n) is 5.88. The molecule has 0 amide bonds. The van der Waals surface area contributed by atoms with Crippen molar-refractivity contribution in [1.29, 1.82) is 0 Å². The fourth-order valence-corrected chi connectivity index (χ4v) is 2.97. The lowest BCUT2D eigenvalue weighted by Crippen LogP contribution is -2.21. The van der Waals surface area contributed by atoms with E-state index >= 15 is 0 Å². The maximum Gasteiger partial charge on any atom is 0.150 e. The third-order valence-electron chi connectivity index (χ3n) is 4.20. The van der Waals surface area contributed by atoms with Crippen molar-refractivity contribution in [3.05, 3.63) is 84.7 Å². The monoisotopic (exact) mass is 346 g/mol. The Morgan fingerprint density at radius 1 is 0.885 bits per heavy atom. The summed E-state index contributed by atoms with van der Waals surface area (Å²) in [5.41, 5.74) is 3.41. The Morgan fingerprint density at radius 2 is 1.54 bits per heavy atom. The summed E-state index contributed by atoms with van der Waals surface area (Å²) >= 11 is 0. The molecular formula is C23H26N2O. The number of fused-ring (bicyclic) bond motifs is 3. The second kappa shape index (κ2) is 8.95. The average Bonchev–Trinajstić information content (AvgIpc) is 2.74. The van der Waals surface area contributed by atoms with E-state index in [4.69, 9.17) is 4.74 Å². The Morgan fingerprint density at radius 3 is 2.19 bits per heavy atom. The first kappa shape index (κ1) is 17.9. The first-order valence-electron chi connectivity index (χ1n) is 9.35. The molecule has 2 aromatic carbocycles. The molecule has 26 heavy (non-hydrogen) atoms. The van der Waals surface area contributed by atoms with Crippen molar-refractivity contribution in [2.24, 2.45) is 0 Å². The van der Waals surface area contributed by atoms with Crippen LogP contribution in [0.25, 0.3) is 0 Å². The zero-order chi connectivity index (χ0) is 18.2. The topological polar surface area (TPSA) is 24.5 Å². The number of nitrogens with one attached hydrogen (secondary N) is 1. The van der Waals surface area contributed by atoms with E-state index < -0.39 is 0 Å². The van der Waals surface area contributed by atoms with Crippen LogP contribution in [0.4, 0.5) is 11.4 Å². The Kier molecular flexibility index (Phi) is 6.15. The highest BCUT2D eigenvalue weighted by molar-refractivity contribution is 5.75. The summed E-state index contributed by atoms with van der Waals surface area (Å²) in [5, 5.41) is 3.32. The van der Waals surface area contributed by atoms with Crippen LogP contribution in [0.3, 0.4) is 0 Å². The molecule has 0 unspecified atom stereocenters. The molecule has 1 N–H and O–H groups in total. The number of anilines is 2. The van der Waals surface area contributed by atoms with E-state index in [1.54, 1.807) is 0 Å². The van der Waals surface area contributed by atoms with Crippen LogP contribution in [0.5, 0.6) is 11.5 Å². The van der Waals surface area contributed by atoms with Gasteiger partial charge in [-0.05, 0) is 49.3 Å². The minimum atomic E-state index is 0.881. The fraction of sp³-hybridized carbons (Fsp3) is 0.217. The Bertz CT molecular complexity index is 733. The van der Waals surface area contributed by atoms with Gasteiger partial charge in [0.1, 0.15) is 0 Å². The maximum atomic E-state index is 5.71. The predicted octanol–water partition coefficient (Wildman–Crippen LogP) is 6.61. The molecule has 0 aromatic heterocycles. The van der Waals surface area contributed by atoms with E-state index in [0.29, 0.717) is 0 Å². The van der Waals surface area contributed by atoms with Crippen LogP contribution in [0.2, 0.25) is 0 Å². The number of para-hydroxylation sites is 4. The number of rotatable bonds is 0. The molecule has 3 heterocycles. The van der Waals surface area contributed by atoms with E-state index in [-0.39, 0.29) is 0 Å². The lowest BCUT2D eigenvalue weighted by Gasteiger charge is -2.26. The van der Waals surface area contributed by atoms with E-state index in [9.17, 15) is 0 Å². The van der Waals surface area contributed by atoms with Crippen LogP contribution in [-0.4, -0.2) is 11.4 Å². The van der Waals surface area contributed by atoms with Gasteiger partial charge in [0.25, 0.3) is 0 Å². The number of allylic oxidation sites excluding steroid dienone is 4. The molecule has 0 saturated carbocycles. The Hall–Kier alpha value is -2.94. The minimum absolute atomic E-state index is 0.881. The molecule has 0 spiro atoms. The van der Waals surface area contributed by atoms with Gasteiger partial charge in [0.05, 0.1) is 11.4 Å². The predicted molar refractivity (Wildman–Crippen MR) is 110 cm³/mol. The van der Waals surface area contributed by atoms with Crippen LogP contribution in [0, 0.1) is 0 Å². The molecule has 5 rings (SSSR count). The van der Waals surface area contributed by atoms with Crippen molar-refractivity contribution in [1.82, 2.24) is 4.90 Å². The van der Waals surface area contributed by atoms with Crippen LogP contribution in [0.15, 0.2) is 84.7 Å². The Balaban J connectivity index is 0.000000144. The molecule has 3 aliphatic heterocycles. The first-order chi connectivity index (χ1) is 12.9. The van der Waals surface area contributed by atoms with Crippen LogP contribution in [-0.2, 0) is 0 Å². The van der Waals surface area contributed by atoms with E-state index in [1.165, 1.54) is 25.1 Å². The van der Waals surface area contributed by atoms with Gasteiger partial charge < -0.3 is 15.0 Å². The molecule has 2 aromatic rings. The maximum absolute atomic E-state index is 5.71. The smallest absolute Gasteiger partial charge is 0.150 e.